The topological polar surface area (TPSA) is 80.9 Å². The number of carbonyl (C=O) groups excluding carboxylic acids is 1. The van der Waals surface area contributed by atoms with E-state index in [1.807, 2.05) is 39.0 Å². The van der Waals surface area contributed by atoms with Gasteiger partial charge in [-0.2, -0.15) is 0 Å². The van der Waals surface area contributed by atoms with Gasteiger partial charge in [-0.3, -0.25) is 0 Å². The van der Waals surface area contributed by atoms with E-state index in [2.05, 4.69) is 13.3 Å². The zero-order valence-electron chi connectivity index (χ0n) is 10.6. The van der Waals surface area contributed by atoms with Crippen LogP contribution in [0.4, 0.5) is 5.69 Å². The molecular formula is C12H16N4OSe. The predicted octanol–water partition coefficient (Wildman–Crippen LogP) is 0.999. The van der Waals surface area contributed by atoms with Gasteiger partial charge in [-0.05, 0) is 0 Å². The number of nitrogens with two attached hydrogens (primary N) is 1. The second-order valence-electron chi connectivity index (χ2n) is 5.27. The summed E-state index contributed by atoms with van der Waals surface area (Å²) < 4.78 is 8.59. The van der Waals surface area contributed by atoms with Gasteiger partial charge < -0.3 is 0 Å². The summed E-state index contributed by atoms with van der Waals surface area (Å²) >= 11 is -0.102. The van der Waals surface area contributed by atoms with Crippen LogP contribution in [0.1, 0.15) is 20.8 Å². The second-order valence-corrected chi connectivity index (χ2v) is 6.38. The molecule has 0 fully saturated rings. The number of aromatic nitrogens is 2. The molecule has 0 aliphatic heterocycles. The van der Waals surface area contributed by atoms with Crippen molar-refractivity contribution in [3.8, 4) is 0 Å². The maximum absolute atomic E-state index is 12.1. The number of hydrogen-bond acceptors (Lipinski definition) is 4. The van der Waals surface area contributed by atoms with Crippen molar-refractivity contribution in [2.45, 2.75) is 26.8 Å². The first-order chi connectivity index (χ1) is 8.39. The Bertz CT molecular complexity index is 573. The molecule has 1 unspecified atom stereocenters. The van der Waals surface area contributed by atoms with E-state index < -0.39 is 6.04 Å². The maximum atomic E-state index is 12.1. The Hall–Kier alpha value is -1.23. The average Bonchev–Trinajstić information content (AvgIpc) is 2.75. The summed E-state index contributed by atoms with van der Waals surface area (Å²) in [5.74, 6) is -0.189. The number of rotatable bonds is 2. The summed E-state index contributed by atoms with van der Waals surface area (Å²) in [6.07, 6.45) is 0. The van der Waals surface area contributed by atoms with Gasteiger partial charge in [0.2, 0.25) is 0 Å². The molecule has 0 saturated carbocycles. The van der Waals surface area contributed by atoms with Crippen LogP contribution in [0.15, 0.2) is 18.2 Å². The molecule has 6 heteroatoms. The molecule has 0 aliphatic carbocycles. The van der Waals surface area contributed by atoms with E-state index in [4.69, 9.17) is 5.73 Å². The number of nitrogens with zero attached hydrogens (tertiary/aromatic N) is 2. The fourth-order valence-corrected chi connectivity index (χ4v) is 2.66. The zero-order chi connectivity index (χ0) is 13.3. The van der Waals surface area contributed by atoms with Gasteiger partial charge in [-0.25, -0.2) is 0 Å². The Morgan fingerprint density at radius 3 is 2.78 bits per heavy atom. The van der Waals surface area contributed by atoms with Crippen LogP contribution in [0, 0.1) is 5.41 Å². The van der Waals surface area contributed by atoms with Crippen molar-refractivity contribution >= 4 is 37.6 Å². The molecule has 0 saturated heterocycles. The summed E-state index contributed by atoms with van der Waals surface area (Å²) in [6, 6.07) is 5.02. The molecule has 1 aromatic heterocycles. The van der Waals surface area contributed by atoms with Crippen LogP contribution in [-0.2, 0) is 4.79 Å². The minimum absolute atomic E-state index is 0.102. The second kappa shape index (κ2) is 4.80. The van der Waals surface area contributed by atoms with Crippen LogP contribution in [0.5, 0.6) is 0 Å². The van der Waals surface area contributed by atoms with Crippen molar-refractivity contribution in [3.63, 3.8) is 0 Å². The van der Waals surface area contributed by atoms with Crippen LogP contribution >= 0.6 is 0 Å². The van der Waals surface area contributed by atoms with Crippen molar-refractivity contribution < 1.29 is 4.79 Å². The molecular weight excluding hydrogens is 295 g/mol. The van der Waals surface area contributed by atoms with Crippen molar-refractivity contribution in [2.75, 3.05) is 5.32 Å². The summed E-state index contributed by atoms with van der Waals surface area (Å²) in [5, 5.41) is 2.84. The Labute approximate surface area is 112 Å². The molecule has 3 N–H and O–H groups in total. The first kappa shape index (κ1) is 13.2. The molecule has 1 heterocycles. The predicted molar refractivity (Wildman–Crippen MR) is 72.5 cm³/mol. The molecule has 96 valence electrons. The molecule has 1 atom stereocenters. The van der Waals surface area contributed by atoms with Crippen LogP contribution in [-0.4, -0.2) is 34.9 Å². The van der Waals surface area contributed by atoms with E-state index in [9.17, 15) is 4.79 Å². The molecule has 0 bridgehead atoms. The van der Waals surface area contributed by atoms with Gasteiger partial charge in [0, 0.05) is 0 Å². The monoisotopic (exact) mass is 312 g/mol. The molecule has 2 rings (SSSR count). The first-order valence-corrected chi connectivity index (χ1v) is 7.20. The van der Waals surface area contributed by atoms with Gasteiger partial charge in [-0.15, -0.1) is 0 Å². The van der Waals surface area contributed by atoms with E-state index in [0.717, 1.165) is 11.0 Å². The fourth-order valence-electron chi connectivity index (χ4n) is 1.51. The van der Waals surface area contributed by atoms with Crippen LogP contribution in [0.3, 0.4) is 0 Å². The average molecular weight is 311 g/mol. The molecule has 1 aromatic carbocycles. The van der Waals surface area contributed by atoms with Crippen molar-refractivity contribution in [1.29, 1.82) is 0 Å². The minimum atomic E-state index is -0.558. The quantitative estimate of drug-likeness (QED) is 0.811. The Kier molecular flexibility index (Phi) is 3.52. The Morgan fingerprint density at radius 2 is 2.11 bits per heavy atom. The molecule has 18 heavy (non-hydrogen) atoms. The summed E-state index contributed by atoms with van der Waals surface area (Å²) in [4.78, 5) is 12.1. The van der Waals surface area contributed by atoms with Gasteiger partial charge in [0.05, 0.1) is 0 Å². The first-order valence-electron chi connectivity index (χ1n) is 5.67. The fraction of sp³-hybridized carbons (Fsp3) is 0.417. The summed E-state index contributed by atoms with van der Waals surface area (Å²) in [6.45, 7) is 5.82. The van der Waals surface area contributed by atoms with E-state index in [1.54, 1.807) is 0 Å². The molecule has 0 aliphatic rings. The number of hydrogen-bond donors (Lipinski definition) is 2. The van der Waals surface area contributed by atoms with Gasteiger partial charge in [0.1, 0.15) is 0 Å². The molecule has 0 radical (unpaired) electrons. The van der Waals surface area contributed by atoms with Gasteiger partial charge >= 0.3 is 112 Å². The van der Waals surface area contributed by atoms with E-state index in [1.165, 1.54) is 0 Å². The standard InChI is InChI=1S/C12H16N4OSe/c1-12(2,3)10(13)11(17)14-7-5-4-6-8-9(7)16-18-15-8/h4-6,10H,13H2,1-3H3,(H,14,17). The van der Waals surface area contributed by atoms with Crippen molar-refractivity contribution in [2.24, 2.45) is 11.1 Å². The number of amides is 1. The number of nitrogens with one attached hydrogen (secondary N) is 1. The van der Waals surface area contributed by atoms with Gasteiger partial charge in [0.15, 0.2) is 0 Å². The molecule has 0 spiro atoms. The number of benzene rings is 1. The van der Waals surface area contributed by atoms with Crippen LogP contribution in [0.25, 0.3) is 11.0 Å². The number of anilines is 1. The third-order valence-electron chi connectivity index (χ3n) is 2.76. The number of fused-ring (bicyclic) bond motifs is 1. The molecule has 5 nitrogen and oxygen atoms in total. The zero-order valence-corrected chi connectivity index (χ0v) is 12.3. The third-order valence-corrected chi connectivity index (χ3v) is 3.90. The van der Waals surface area contributed by atoms with E-state index >= 15 is 0 Å². The number of carbonyl (C=O) groups is 1. The van der Waals surface area contributed by atoms with Crippen LogP contribution < -0.4 is 11.1 Å². The third kappa shape index (κ3) is 2.61. The van der Waals surface area contributed by atoms with Crippen molar-refractivity contribution in [1.82, 2.24) is 7.96 Å². The Morgan fingerprint density at radius 1 is 1.39 bits per heavy atom. The van der Waals surface area contributed by atoms with Gasteiger partial charge in [-0.1, -0.05) is 0 Å². The molecule has 2 aromatic rings. The van der Waals surface area contributed by atoms with Gasteiger partial charge in [0.25, 0.3) is 0 Å². The SMILES string of the molecule is CC(C)(C)C(N)C(=O)Nc1cccc2n[se]nc12. The molecule has 1 amide bonds. The normalized spacial score (nSPS) is 13.6. The van der Waals surface area contributed by atoms with E-state index in [-0.39, 0.29) is 26.3 Å². The van der Waals surface area contributed by atoms with Crippen molar-refractivity contribution in [3.05, 3.63) is 18.2 Å². The summed E-state index contributed by atoms with van der Waals surface area (Å²) in [5.41, 5.74) is 7.96. The van der Waals surface area contributed by atoms with E-state index in [0.29, 0.717) is 5.69 Å². The van der Waals surface area contributed by atoms with Crippen LogP contribution in [0.2, 0.25) is 0 Å². The Balaban J connectivity index is 2.24. The summed E-state index contributed by atoms with van der Waals surface area (Å²) in [7, 11) is 0.